The van der Waals surface area contributed by atoms with Gasteiger partial charge < -0.3 is 10.6 Å². The van der Waals surface area contributed by atoms with Gasteiger partial charge in [-0.1, -0.05) is 25.1 Å². The van der Waals surface area contributed by atoms with Gasteiger partial charge in [-0.05, 0) is 36.6 Å². The fraction of sp³-hybridized carbons (Fsp3) is 0.375. The molecule has 2 aromatic rings. The number of hydrogen-bond donors (Lipinski definition) is 2. The summed E-state index contributed by atoms with van der Waals surface area (Å²) in [5, 5.41) is 7.14. The Balaban J connectivity index is 1.47. The van der Waals surface area contributed by atoms with Crippen LogP contribution in [0.25, 0.3) is 0 Å². The molecule has 3 heteroatoms. The Labute approximate surface area is 118 Å². The summed E-state index contributed by atoms with van der Waals surface area (Å²) in [5.74, 6) is 0. The minimum atomic E-state index is 0.531. The Morgan fingerprint density at radius 2 is 2.05 bits per heavy atom. The van der Waals surface area contributed by atoms with Crippen LogP contribution in [0.15, 0.2) is 36.4 Å². The van der Waals surface area contributed by atoms with E-state index < -0.39 is 0 Å². The normalized spacial score (nSPS) is 17.2. The zero-order valence-corrected chi connectivity index (χ0v) is 12.1. The molecule has 0 spiro atoms. The van der Waals surface area contributed by atoms with Crippen LogP contribution in [0.3, 0.4) is 0 Å². The van der Waals surface area contributed by atoms with E-state index >= 15 is 0 Å². The summed E-state index contributed by atoms with van der Waals surface area (Å²) in [6.07, 6.45) is 2.28. The van der Waals surface area contributed by atoms with Crippen LogP contribution < -0.4 is 10.6 Å². The van der Waals surface area contributed by atoms with E-state index in [4.69, 9.17) is 0 Å². The molecule has 2 heterocycles. The van der Waals surface area contributed by atoms with E-state index in [1.54, 1.807) is 0 Å². The van der Waals surface area contributed by atoms with E-state index in [0.717, 1.165) is 25.9 Å². The summed E-state index contributed by atoms with van der Waals surface area (Å²) in [6.45, 7) is 4.22. The summed E-state index contributed by atoms with van der Waals surface area (Å²) < 4.78 is 0. The van der Waals surface area contributed by atoms with Crippen molar-refractivity contribution in [3.8, 4) is 0 Å². The number of fused-ring (bicyclic) bond motifs is 1. The zero-order valence-electron chi connectivity index (χ0n) is 11.3. The summed E-state index contributed by atoms with van der Waals surface area (Å²) >= 11 is 1.92. The van der Waals surface area contributed by atoms with Crippen LogP contribution in [0, 0.1) is 0 Å². The number of anilines is 1. The summed E-state index contributed by atoms with van der Waals surface area (Å²) in [6, 6.07) is 13.6. The van der Waals surface area contributed by atoms with Crippen molar-refractivity contribution in [2.24, 2.45) is 0 Å². The Bertz CT molecular complexity index is 522. The van der Waals surface area contributed by atoms with E-state index in [1.165, 1.54) is 21.0 Å². The van der Waals surface area contributed by atoms with E-state index in [1.807, 2.05) is 11.3 Å². The molecule has 0 radical (unpaired) electrons. The van der Waals surface area contributed by atoms with Crippen molar-refractivity contribution < 1.29 is 0 Å². The maximum Gasteiger partial charge on any atom is 0.0427 e. The highest BCUT2D eigenvalue weighted by Gasteiger charge is 2.19. The second-order valence-corrected chi connectivity index (χ2v) is 6.31. The molecule has 1 aliphatic heterocycles. The first-order valence-corrected chi connectivity index (χ1v) is 7.79. The van der Waals surface area contributed by atoms with Crippen LogP contribution in [0.1, 0.15) is 22.2 Å². The Kier molecular flexibility index (Phi) is 3.85. The van der Waals surface area contributed by atoms with Crippen molar-refractivity contribution >= 4 is 17.0 Å². The van der Waals surface area contributed by atoms with Crippen LogP contribution in [0.4, 0.5) is 5.69 Å². The summed E-state index contributed by atoms with van der Waals surface area (Å²) in [5.41, 5.74) is 2.75. The van der Waals surface area contributed by atoms with Crippen molar-refractivity contribution in [3.05, 3.63) is 51.7 Å². The van der Waals surface area contributed by atoms with E-state index in [2.05, 4.69) is 54.0 Å². The fourth-order valence-corrected chi connectivity index (χ4v) is 3.50. The Morgan fingerprint density at radius 3 is 2.84 bits per heavy atom. The van der Waals surface area contributed by atoms with Crippen molar-refractivity contribution in [2.75, 3.05) is 11.9 Å². The van der Waals surface area contributed by atoms with Crippen LogP contribution in [-0.2, 0) is 19.4 Å². The first kappa shape index (κ1) is 12.7. The fourth-order valence-electron chi connectivity index (χ4n) is 2.58. The molecule has 0 bridgehead atoms. The van der Waals surface area contributed by atoms with Crippen molar-refractivity contribution in [1.29, 1.82) is 0 Å². The third-order valence-corrected chi connectivity index (χ3v) is 4.83. The minimum Gasteiger partial charge on any atom is -0.380 e. The molecule has 1 aromatic carbocycles. The van der Waals surface area contributed by atoms with Gasteiger partial charge in [0.05, 0.1) is 0 Å². The van der Waals surface area contributed by atoms with E-state index in [0.29, 0.717) is 6.04 Å². The molecule has 0 amide bonds. The number of aryl methyl sites for hydroxylation is 1. The molecule has 0 saturated heterocycles. The highest BCUT2D eigenvalue weighted by atomic mass is 32.1. The van der Waals surface area contributed by atoms with E-state index in [9.17, 15) is 0 Å². The highest BCUT2D eigenvalue weighted by molar-refractivity contribution is 7.11. The molecule has 0 saturated carbocycles. The molecule has 19 heavy (non-hydrogen) atoms. The van der Waals surface area contributed by atoms with Gasteiger partial charge in [0.1, 0.15) is 0 Å². The lowest BCUT2D eigenvalue weighted by Gasteiger charge is -2.11. The van der Waals surface area contributed by atoms with Gasteiger partial charge in [0, 0.05) is 34.6 Å². The molecule has 1 aliphatic rings. The van der Waals surface area contributed by atoms with Gasteiger partial charge in [0.2, 0.25) is 0 Å². The molecule has 1 unspecified atom stereocenters. The second-order valence-electron chi connectivity index (χ2n) is 5.06. The predicted octanol–water partition coefficient (Wildman–Crippen LogP) is 3.44. The second kappa shape index (κ2) is 5.76. The summed E-state index contributed by atoms with van der Waals surface area (Å²) in [7, 11) is 0. The van der Waals surface area contributed by atoms with Gasteiger partial charge in [0.25, 0.3) is 0 Å². The lowest BCUT2D eigenvalue weighted by Crippen LogP contribution is -2.30. The molecule has 3 rings (SSSR count). The molecule has 0 fully saturated rings. The third-order valence-electron chi connectivity index (χ3n) is 3.60. The monoisotopic (exact) mass is 272 g/mol. The topological polar surface area (TPSA) is 24.1 Å². The van der Waals surface area contributed by atoms with Gasteiger partial charge >= 0.3 is 0 Å². The molecule has 0 aliphatic carbocycles. The molecular formula is C16H20N2S. The largest absolute Gasteiger partial charge is 0.380 e. The number of hydrogen-bond acceptors (Lipinski definition) is 3. The number of para-hydroxylation sites is 1. The SMILES string of the molecule is CCc1ccc(CNCC2Cc3ccccc3N2)s1. The molecule has 1 aromatic heterocycles. The van der Waals surface area contributed by atoms with Gasteiger partial charge in [-0.25, -0.2) is 0 Å². The quantitative estimate of drug-likeness (QED) is 0.871. The van der Waals surface area contributed by atoms with Crippen LogP contribution in [0.2, 0.25) is 0 Å². The molecular weight excluding hydrogens is 252 g/mol. The van der Waals surface area contributed by atoms with Gasteiger partial charge in [-0.3, -0.25) is 0 Å². The maximum atomic E-state index is 3.58. The van der Waals surface area contributed by atoms with Gasteiger partial charge in [-0.2, -0.15) is 0 Å². The van der Waals surface area contributed by atoms with Crippen molar-refractivity contribution in [3.63, 3.8) is 0 Å². The summed E-state index contributed by atoms with van der Waals surface area (Å²) in [4.78, 5) is 2.91. The Morgan fingerprint density at radius 1 is 1.21 bits per heavy atom. The average molecular weight is 272 g/mol. The molecule has 2 N–H and O–H groups in total. The number of thiophene rings is 1. The smallest absolute Gasteiger partial charge is 0.0427 e. The third kappa shape index (κ3) is 2.99. The standard InChI is InChI=1S/C16H20N2S/c1-2-14-7-8-15(19-14)11-17-10-13-9-12-5-3-4-6-16(12)18-13/h3-8,13,17-18H,2,9-11H2,1H3. The molecule has 100 valence electrons. The number of rotatable bonds is 5. The Hall–Kier alpha value is -1.32. The zero-order chi connectivity index (χ0) is 13.1. The minimum absolute atomic E-state index is 0.531. The van der Waals surface area contributed by atoms with Crippen molar-refractivity contribution in [1.82, 2.24) is 5.32 Å². The van der Waals surface area contributed by atoms with Crippen molar-refractivity contribution in [2.45, 2.75) is 32.4 Å². The maximum absolute atomic E-state index is 3.58. The lowest BCUT2D eigenvalue weighted by molar-refractivity contribution is 0.618. The average Bonchev–Trinajstić information content (AvgIpc) is 3.04. The molecule has 2 nitrogen and oxygen atoms in total. The van der Waals surface area contributed by atoms with Crippen LogP contribution >= 0.6 is 11.3 Å². The van der Waals surface area contributed by atoms with Gasteiger partial charge in [0.15, 0.2) is 0 Å². The first-order chi connectivity index (χ1) is 9.35. The van der Waals surface area contributed by atoms with Gasteiger partial charge in [-0.15, -0.1) is 11.3 Å². The lowest BCUT2D eigenvalue weighted by atomic mass is 10.1. The predicted molar refractivity (Wildman–Crippen MR) is 83.0 cm³/mol. The van der Waals surface area contributed by atoms with Crippen LogP contribution in [-0.4, -0.2) is 12.6 Å². The van der Waals surface area contributed by atoms with Crippen LogP contribution in [0.5, 0.6) is 0 Å². The highest BCUT2D eigenvalue weighted by Crippen LogP contribution is 2.24. The number of nitrogens with one attached hydrogen (secondary N) is 2. The number of benzene rings is 1. The first-order valence-electron chi connectivity index (χ1n) is 6.98. The molecule has 1 atom stereocenters. The van der Waals surface area contributed by atoms with E-state index in [-0.39, 0.29) is 0 Å².